The number of aromatic nitrogens is 3. The van der Waals surface area contributed by atoms with Crippen molar-refractivity contribution in [1.29, 1.82) is 0 Å². The second-order valence-electron chi connectivity index (χ2n) is 5.53. The molecular formula is C12H24N4. The molecule has 0 saturated heterocycles. The molecule has 0 amide bonds. The van der Waals surface area contributed by atoms with E-state index in [-0.39, 0.29) is 0 Å². The van der Waals surface area contributed by atoms with Crippen molar-refractivity contribution in [3.63, 3.8) is 0 Å². The van der Waals surface area contributed by atoms with Crippen LogP contribution in [0.5, 0.6) is 0 Å². The van der Waals surface area contributed by atoms with Crippen LogP contribution in [0.4, 0.5) is 0 Å². The van der Waals surface area contributed by atoms with E-state index in [1.54, 1.807) is 0 Å². The van der Waals surface area contributed by atoms with Crippen molar-refractivity contribution < 1.29 is 0 Å². The average molecular weight is 224 g/mol. The average Bonchev–Trinajstić information content (AvgIpc) is 2.62. The minimum atomic E-state index is 0.353. The third-order valence-electron chi connectivity index (χ3n) is 2.56. The van der Waals surface area contributed by atoms with Gasteiger partial charge in [-0.3, -0.25) is 4.68 Å². The molecule has 0 radical (unpaired) electrons. The van der Waals surface area contributed by atoms with Crippen molar-refractivity contribution in [2.75, 3.05) is 6.54 Å². The zero-order chi connectivity index (χ0) is 12.0. The minimum absolute atomic E-state index is 0.353. The molecule has 0 saturated carbocycles. The van der Waals surface area contributed by atoms with Crippen molar-refractivity contribution in [2.45, 2.75) is 53.0 Å². The second-order valence-corrected chi connectivity index (χ2v) is 5.53. The van der Waals surface area contributed by atoms with Crippen LogP contribution in [0.1, 0.15) is 45.7 Å². The summed E-state index contributed by atoms with van der Waals surface area (Å²) in [5.41, 5.74) is 6.89. The molecule has 0 aromatic carbocycles. The van der Waals surface area contributed by atoms with Crippen LogP contribution in [0, 0.1) is 5.41 Å². The highest BCUT2D eigenvalue weighted by molar-refractivity contribution is 4.92. The van der Waals surface area contributed by atoms with Crippen molar-refractivity contribution >= 4 is 0 Å². The number of hydrogen-bond donors (Lipinski definition) is 1. The first-order valence-electron chi connectivity index (χ1n) is 6.10. The van der Waals surface area contributed by atoms with Gasteiger partial charge in [-0.15, -0.1) is 5.10 Å². The van der Waals surface area contributed by atoms with E-state index in [1.165, 1.54) is 0 Å². The lowest BCUT2D eigenvalue weighted by atomic mass is 9.92. The van der Waals surface area contributed by atoms with Crippen molar-refractivity contribution in [1.82, 2.24) is 15.0 Å². The van der Waals surface area contributed by atoms with Crippen molar-refractivity contribution in [3.05, 3.63) is 11.9 Å². The third-order valence-corrected chi connectivity index (χ3v) is 2.56. The highest BCUT2D eigenvalue weighted by Gasteiger charge is 2.10. The summed E-state index contributed by atoms with van der Waals surface area (Å²) in [6.45, 7) is 8.44. The van der Waals surface area contributed by atoms with E-state index in [0.717, 1.165) is 44.5 Å². The summed E-state index contributed by atoms with van der Waals surface area (Å²) in [7, 11) is 0. The molecule has 1 rings (SSSR count). The number of aryl methyl sites for hydroxylation is 2. The maximum atomic E-state index is 5.45. The van der Waals surface area contributed by atoms with Gasteiger partial charge in [0, 0.05) is 12.7 Å². The lowest BCUT2D eigenvalue weighted by molar-refractivity contribution is 0.339. The Bertz CT molecular complexity index is 298. The molecule has 1 heterocycles. The molecule has 16 heavy (non-hydrogen) atoms. The quantitative estimate of drug-likeness (QED) is 0.752. The number of hydrogen-bond acceptors (Lipinski definition) is 3. The molecule has 4 heteroatoms. The molecular weight excluding hydrogens is 200 g/mol. The molecule has 1 aromatic rings. The predicted molar refractivity (Wildman–Crippen MR) is 66.1 cm³/mol. The maximum absolute atomic E-state index is 5.45. The molecule has 0 spiro atoms. The number of rotatable bonds is 6. The first-order valence-corrected chi connectivity index (χ1v) is 6.10. The van der Waals surface area contributed by atoms with Gasteiger partial charge in [-0.2, -0.15) is 0 Å². The Hall–Kier alpha value is -0.900. The summed E-state index contributed by atoms with van der Waals surface area (Å²) in [5, 5.41) is 8.29. The van der Waals surface area contributed by atoms with Crippen LogP contribution in [0.25, 0.3) is 0 Å². The van der Waals surface area contributed by atoms with Crippen LogP contribution >= 0.6 is 0 Å². The van der Waals surface area contributed by atoms with E-state index in [1.807, 2.05) is 4.68 Å². The summed E-state index contributed by atoms with van der Waals surface area (Å²) in [5.74, 6) is 0. The predicted octanol–water partition coefficient (Wildman–Crippen LogP) is 2.00. The molecule has 92 valence electrons. The Morgan fingerprint density at radius 2 is 2.06 bits per heavy atom. The van der Waals surface area contributed by atoms with Gasteiger partial charge >= 0.3 is 0 Å². The van der Waals surface area contributed by atoms with Crippen LogP contribution in [0.2, 0.25) is 0 Å². The molecule has 1 aromatic heterocycles. The van der Waals surface area contributed by atoms with E-state index in [4.69, 9.17) is 5.73 Å². The summed E-state index contributed by atoms with van der Waals surface area (Å²) in [6.07, 6.45) is 6.34. The topological polar surface area (TPSA) is 56.7 Å². The maximum Gasteiger partial charge on any atom is 0.0827 e. The van der Waals surface area contributed by atoms with Crippen molar-refractivity contribution in [3.8, 4) is 0 Å². The monoisotopic (exact) mass is 224 g/mol. The molecule has 0 aliphatic heterocycles. The van der Waals surface area contributed by atoms with Gasteiger partial charge < -0.3 is 5.73 Å². The lowest BCUT2D eigenvalue weighted by Gasteiger charge is -2.17. The Labute approximate surface area is 98.2 Å². The molecule has 4 nitrogen and oxygen atoms in total. The SMILES string of the molecule is CC(C)(C)CCn1cc(CCCCN)nn1. The lowest BCUT2D eigenvalue weighted by Crippen LogP contribution is -2.10. The molecule has 0 aliphatic carbocycles. The zero-order valence-corrected chi connectivity index (χ0v) is 10.7. The Balaban J connectivity index is 2.33. The van der Waals surface area contributed by atoms with Gasteiger partial charge in [-0.25, -0.2) is 0 Å². The molecule has 2 N–H and O–H groups in total. The van der Waals surface area contributed by atoms with Crippen LogP contribution in [-0.2, 0) is 13.0 Å². The smallest absolute Gasteiger partial charge is 0.0827 e. The molecule has 0 unspecified atom stereocenters. The fourth-order valence-corrected chi connectivity index (χ4v) is 1.46. The van der Waals surface area contributed by atoms with Gasteiger partial charge in [0.2, 0.25) is 0 Å². The van der Waals surface area contributed by atoms with Crippen molar-refractivity contribution in [2.24, 2.45) is 11.1 Å². The highest BCUT2D eigenvalue weighted by Crippen LogP contribution is 2.18. The summed E-state index contributed by atoms with van der Waals surface area (Å²) in [6, 6.07) is 0. The Morgan fingerprint density at radius 3 is 2.69 bits per heavy atom. The molecule has 0 atom stereocenters. The van der Waals surface area contributed by atoms with E-state index in [2.05, 4.69) is 37.3 Å². The van der Waals surface area contributed by atoms with E-state index >= 15 is 0 Å². The Kier molecular flexibility index (Phi) is 4.93. The van der Waals surface area contributed by atoms with E-state index in [0.29, 0.717) is 5.41 Å². The summed E-state index contributed by atoms with van der Waals surface area (Å²) >= 11 is 0. The number of nitrogens with zero attached hydrogens (tertiary/aromatic N) is 3. The highest BCUT2D eigenvalue weighted by atomic mass is 15.4. The van der Waals surface area contributed by atoms with Gasteiger partial charge in [0.05, 0.1) is 5.69 Å². The number of unbranched alkanes of at least 4 members (excludes halogenated alkanes) is 1. The van der Waals surface area contributed by atoms with Gasteiger partial charge in [-0.05, 0) is 37.6 Å². The second kappa shape index (κ2) is 5.99. The first-order chi connectivity index (χ1) is 7.51. The first kappa shape index (κ1) is 13.2. The van der Waals surface area contributed by atoms with E-state index in [9.17, 15) is 0 Å². The van der Waals surface area contributed by atoms with Crippen LogP contribution in [-0.4, -0.2) is 21.5 Å². The minimum Gasteiger partial charge on any atom is -0.330 e. The molecule has 0 aliphatic rings. The standard InChI is InChI=1S/C12H24N4/c1-12(2,3)7-9-16-10-11(14-15-16)6-4-5-8-13/h10H,4-9,13H2,1-3H3. The van der Waals surface area contributed by atoms with Gasteiger partial charge in [-0.1, -0.05) is 26.0 Å². The van der Waals surface area contributed by atoms with Gasteiger partial charge in [0.1, 0.15) is 0 Å². The van der Waals surface area contributed by atoms with Gasteiger partial charge in [0.15, 0.2) is 0 Å². The zero-order valence-electron chi connectivity index (χ0n) is 10.7. The van der Waals surface area contributed by atoms with Gasteiger partial charge in [0.25, 0.3) is 0 Å². The van der Waals surface area contributed by atoms with E-state index < -0.39 is 0 Å². The summed E-state index contributed by atoms with van der Waals surface area (Å²) in [4.78, 5) is 0. The molecule has 0 fully saturated rings. The third kappa shape index (κ3) is 5.26. The Morgan fingerprint density at radius 1 is 1.31 bits per heavy atom. The van der Waals surface area contributed by atoms with Crippen LogP contribution in [0.3, 0.4) is 0 Å². The van der Waals surface area contributed by atoms with Crippen LogP contribution < -0.4 is 5.73 Å². The number of nitrogens with two attached hydrogens (primary N) is 1. The summed E-state index contributed by atoms with van der Waals surface area (Å²) < 4.78 is 1.95. The molecule has 0 bridgehead atoms. The fraction of sp³-hybridized carbons (Fsp3) is 0.833. The van der Waals surface area contributed by atoms with Crippen LogP contribution in [0.15, 0.2) is 6.20 Å². The normalized spacial score (nSPS) is 12.0. The fourth-order valence-electron chi connectivity index (χ4n) is 1.46. The largest absolute Gasteiger partial charge is 0.330 e.